The van der Waals surface area contributed by atoms with Gasteiger partial charge in [-0.25, -0.2) is 0 Å². The molecule has 1 rings (SSSR count). The molecule has 0 aromatic heterocycles. The van der Waals surface area contributed by atoms with Gasteiger partial charge in [0.05, 0.1) is 24.8 Å². The summed E-state index contributed by atoms with van der Waals surface area (Å²) in [4.78, 5) is 0. The smallest absolute Gasteiger partial charge is 0.164 e. The molecule has 0 radical (unpaired) electrons. The number of methoxy groups -OCH3 is 1. The molecule has 0 unspecified atom stereocenters. The van der Waals surface area contributed by atoms with Gasteiger partial charge >= 0.3 is 0 Å². The zero-order chi connectivity index (χ0) is 11.4. The molecule has 0 heterocycles. The van der Waals surface area contributed by atoms with Gasteiger partial charge in [-0.05, 0) is 12.1 Å². The Labute approximate surface area is 100 Å². The van der Waals surface area contributed by atoms with Gasteiger partial charge in [0.25, 0.3) is 0 Å². The van der Waals surface area contributed by atoms with E-state index in [1.807, 2.05) is 6.07 Å². The van der Waals surface area contributed by atoms with Gasteiger partial charge in [0, 0.05) is 5.56 Å². The van der Waals surface area contributed by atoms with Crippen LogP contribution in [0, 0.1) is 11.3 Å². The van der Waals surface area contributed by atoms with Crippen molar-refractivity contribution in [1.82, 2.24) is 0 Å². The molecular formula is C11H13ClN2O2. The molecule has 1 aromatic rings. The molecule has 0 spiro atoms. The van der Waals surface area contributed by atoms with Crippen LogP contribution in [0.4, 0.5) is 0 Å². The summed E-state index contributed by atoms with van der Waals surface area (Å²) in [7, 11) is 1.43. The zero-order valence-corrected chi connectivity index (χ0v) is 9.62. The number of nitriles is 1. The molecule has 1 aromatic carbocycles. The van der Waals surface area contributed by atoms with E-state index in [0.717, 1.165) is 0 Å². The molecule has 16 heavy (non-hydrogen) atoms. The highest BCUT2D eigenvalue weighted by atomic mass is 35.5. The van der Waals surface area contributed by atoms with Crippen molar-refractivity contribution in [3.8, 4) is 17.6 Å². The first kappa shape index (κ1) is 14.3. The number of ether oxygens (including phenoxy) is 1. The number of nitrogens with two attached hydrogens (primary N) is 1. The number of halogens is 1. The summed E-state index contributed by atoms with van der Waals surface area (Å²) >= 11 is 0. The van der Waals surface area contributed by atoms with E-state index < -0.39 is 6.04 Å². The molecule has 86 valence electrons. The third-order valence-corrected chi connectivity index (χ3v) is 2.11. The minimum Gasteiger partial charge on any atom is -0.504 e. The van der Waals surface area contributed by atoms with Crippen molar-refractivity contribution < 1.29 is 9.84 Å². The molecule has 3 N–H and O–H groups in total. The normalized spacial score (nSPS) is 10.8. The van der Waals surface area contributed by atoms with Crippen LogP contribution in [0.15, 0.2) is 24.8 Å². The van der Waals surface area contributed by atoms with Crippen molar-refractivity contribution in [2.75, 3.05) is 7.11 Å². The van der Waals surface area contributed by atoms with Crippen LogP contribution in [0.5, 0.6) is 11.5 Å². The maximum Gasteiger partial charge on any atom is 0.164 e. The first-order valence-corrected chi connectivity index (χ1v) is 4.33. The number of rotatable bonds is 3. The summed E-state index contributed by atoms with van der Waals surface area (Å²) in [6, 6.07) is 4.45. The lowest BCUT2D eigenvalue weighted by atomic mass is 10.00. The average Bonchev–Trinajstić information content (AvgIpc) is 2.27. The van der Waals surface area contributed by atoms with Crippen LogP contribution in [0.3, 0.4) is 0 Å². The molecule has 4 nitrogen and oxygen atoms in total. The van der Waals surface area contributed by atoms with Crippen LogP contribution < -0.4 is 10.5 Å². The van der Waals surface area contributed by atoms with Gasteiger partial charge in [-0.15, -0.1) is 19.0 Å². The third-order valence-electron chi connectivity index (χ3n) is 2.11. The number of hydrogen-bond acceptors (Lipinski definition) is 4. The maximum absolute atomic E-state index is 9.80. The Bertz CT molecular complexity index is 427. The summed E-state index contributed by atoms with van der Waals surface area (Å²) in [6.45, 7) is 3.52. The van der Waals surface area contributed by atoms with Crippen molar-refractivity contribution in [3.63, 3.8) is 0 Å². The molecule has 0 saturated carbocycles. The van der Waals surface area contributed by atoms with Gasteiger partial charge in [0.2, 0.25) is 0 Å². The Morgan fingerprint density at radius 2 is 2.25 bits per heavy atom. The van der Waals surface area contributed by atoms with Crippen LogP contribution >= 0.6 is 12.4 Å². The van der Waals surface area contributed by atoms with Gasteiger partial charge in [-0.2, -0.15) is 5.26 Å². The molecule has 1 atom stereocenters. The Balaban J connectivity index is 0.00000225. The lowest BCUT2D eigenvalue weighted by Gasteiger charge is -2.13. The first-order chi connectivity index (χ1) is 7.15. The van der Waals surface area contributed by atoms with Crippen molar-refractivity contribution >= 4 is 12.4 Å². The molecule has 5 heteroatoms. The second-order valence-electron chi connectivity index (χ2n) is 2.95. The van der Waals surface area contributed by atoms with Crippen LogP contribution in [-0.2, 0) is 0 Å². The molecule has 0 bridgehead atoms. The van der Waals surface area contributed by atoms with E-state index in [2.05, 4.69) is 6.58 Å². The van der Waals surface area contributed by atoms with E-state index in [1.165, 1.54) is 19.3 Å². The maximum atomic E-state index is 9.80. The van der Waals surface area contributed by atoms with E-state index in [1.54, 1.807) is 6.07 Å². The zero-order valence-electron chi connectivity index (χ0n) is 8.80. The molecule has 0 aliphatic heterocycles. The van der Waals surface area contributed by atoms with Gasteiger partial charge in [-0.3, -0.25) is 0 Å². The van der Waals surface area contributed by atoms with Gasteiger partial charge in [0.1, 0.15) is 0 Å². The van der Waals surface area contributed by atoms with E-state index >= 15 is 0 Å². The predicted octanol–water partition coefficient (Wildman–Crippen LogP) is 1.88. The summed E-state index contributed by atoms with van der Waals surface area (Å²) < 4.78 is 4.93. The third kappa shape index (κ3) is 2.45. The lowest BCUT2D eigenvalue weighted by molar-refractivity contribution is 0.369. The number of benzene rings is 1. The lowest BCUT2D eigenvalue weighted by Crippen LogP contribution is -2.09. The average molecular weight is 241 g/mol. The Morgan fingerprint density at radius 1 is 1.62 bits per heavy atom. The van der Waals surface area contributed by atoms with E-state index in [4.69, 9.17) is 15.7 Å². The summed E-state index contributed by atoms with van der Waals surface area (Å²) in [5.74, 6) is 0.185. The highest BCUT2D eigenvalue weighted by Gasteiger charge is 2.17. The monoisotopic (exact) mass is 240 g/mol. The summed E-state index contributed by atoms with van der Waals surface area (Å²) in [5, 5.41) is 18.7. The van der Waals surface area contributed by atoms with E-state index in [0.29, 0.717) is 16.9 Å². The van der Waals surface area contributed by atoms with Crippen molar-refractivity contribution in [3.05, 3.63) is 35.9 Å². The standard InChI is InChI=1S/C11H12N2O2.ClH/c1-3-8(13)10-7(6-12)4-5-9(15-2)11(10)14;/h3-5,8,14H,1,13H2,2H3;1H/t8-;/m0./s1. The number of aromatic hydroxyl groups is 1. The van der Waals surface area contributed by atoms with Gasteiger partial charge < -0.3 is 15.6 Å². The molecule has 0 aliphatic carbocycles. The fourth-order valence-electron chi connectivity index (χ4n) is 1.31. The number of hydrogen-bond donors (Lipinski definition) is 2. The SMILES string of the molecule is C=C[C@H](N)c1c(C#N)ccc(OC)c1O.Cl. The highest BCUT2D eigenvalue weighted by molar-refractivity contribution is 5.85. The largest absolute Gasteiger partial charge is 0.504 e. The van der Waals surface area contributed by atoms with Crippen molar-refractivity contribution in [2.24, 2.45) is 5.73 Å². The fourth-order valence-corrected chi connectivity index (χ4v) is 1.31. The van der Waals surface area contributed by atoms with E-state index in [9.17, 15) is 5.11 Å². The first-order valence-electron chi connectivity index (χ1n) is 4.33. The molecule has 0 saturated heterocycles. The highest BCUT2D eigenvalue weighted by Crippen LogP contribution is 2.35. The van der Waals surface area contributed by atoms with Crippen LogP contribution in [-0.4, -0.2) is 12.2 Å². The van der Waals surface area contributed by atoms with Gasteiger partial charge in [0.15, 0.2) is 11.5 Å². The van der Waals surface area contributed by atoms with Crippen molar-refractivity contribution in [2.45, 2.75) is 6.04 Å². The molecule has 0 fully saturated rings. The number of phenols is 1. The van der Waals surface area contributed by atoms with Crippen LogP contribution in [0.1, 0.15) is 17.2 Å². The van der Waals surface area contributed by atoms with Gasteiger partial charge in [-0.1, -0.05) is 6.08 Å². The topological polar surface area (TPSA) is 79.3 Å². The molecular weight excluding hydrogens is 228 g/mol. The minimum atomic E-state index is -0.588. The number of nitrogens with zero attached hydrogens (tertiary/aromatic N) is 1. The summed E-state index contributed by atoms with van der Waals surface area (Å²) in [5.41, 5.74) is 6.37. The van der Waals surface area contributed by atoms with Crippen LogP contribution in [0.2, 0.25) is 0 Å². The predicted molar refractivity (Wildman–Crippen MR) is 63.7 cm³/mol. The van der Waals surface area contributed by atoms with Crippen LogP contribution in [0.25, 0.3) is 0 Å². The van der Waals surface area contributed by atoms with E-state index in [-0.39, 0.29) is 18.2 Å². The van der Waals surface area contributed by atoms with Crippen molar-refractivity contribution in [1.29, 1.82) is 5.26 Å². The quantitative estimate of drug-likeness (QED) is 0.791. The number of phenolic OH excluding ortho intramolecular Hbond substituents is 1. The fraction of sp³-hybridized carbons (Fsp3) is 0.182. The Hall–Kier alpha value is -1.70. The molecule has 0 aliphatic rings. The second kappa shape index (κ2) is 6.01. The Kier molecular flexibility index (Phi) is 5.37. The second-order valence-corrected chi connectivity index (χ2v) is 2.95. The summed E-state index contributed by atoms with van der Waals surface area (Å²) in [6.07, 6.45) is 1.45. The minimum absolute atomic E-state index is 0. The Morgan fingerprint density at radius 3 is 2.69 bits per heavy atom. The molecule has 0 amide bonds.